The van der Waals surface area contributed by atoms with Gasteiger partial charge in [-0.3, -0.25) is 9.59 Å². The summed E-state index contributed by atoms with van der Waals surface area (Å²) >= 11 is 0. The van der Waals surface area contributed by atoms with Crippen LogP contribution in [0.3, 0.4) is 0 Å². The standard InChI is InChI=1S/C15H23N3O2.ClH/c1-2-16-10-11-18-14(19)8-9-17-15(20)12-13-6-4-3-5-7-13;/h3-7,16H,2,8-12H2,1H3,(H,17,20)(H,18,19);1H. The molecule has 0 aliphatic rings. The first-order valence-electron chi connectivity index (χ1n) is 7.00. The molecule has 0 saturated carbocycles. The van der Waals surface area contributed by atoms with Crippen molar-refractivity contribution in [2.45, 2.75) is 19.8 Å². The van der Waals surface area contributed by atoms with E-state index in [0.717, 1.165) is 18.7 Å². The van der Waals surface area contributed by atoms with Gasteiger partial charge in [-0.2, -0.15) is 0 Å². The van der Waals surface area contributed by atoms with Crippen molar-refractivity contribution >= 4 is 24.2 Å². The van der Waals surface area contributed by atoms with E-state index >= 15 is 0 Å². The van der Waals surface area contributed by atoms with E-state index in [1.807, 2.05) is 37.3 Å². The monoisotopic (exact) mass is 313 g/mol. The maximum Gasteiger partial charge on any atom is 0.224 e. The Balaban J connectivity index is 0.00000400. The zero-order valence-electron chi connectivity index (χ0n) is 12.4. The van der Waals surface area contributed by atoms with Gasteiger partial charge in [0, 0.05) is 26.1 Å². The number of nitrogens with one attached hydrogen (secondary N) is 3. The highest BCUT2D eigenvalue weighted by Gasteiger charge is 2.04. The number of amides is 2. The highest BCUT2D eigenvalue weighted by Crippen LogP contribution is 1.98. The lowest BCUT2D eigenvalue weighted by Gasteiger charge is -2.07. The van der Waals surface area contributed by atoms with Crippen LogP contribution >= 0.6 is 12.4 Å². The minimum atomic E-state index is -0.0587. The number of hydrogen-bond acceptors (Lipinski definition) is 3. The molecule has 0 spiro atoms. The van der Waals surface area contributed by atoms with E-state index in [9.17, 15) is 9.59 Å². The van der Waals surface area contributed by atoms with E-state index < -0.39 is 0 Å². The van der Waals surface area contributed by atoms with Crippen molar-refractivity contribution in [1.29, 1.82) is 0 Å². The van der Waals surface area contributed by atoms with Gasteiger partial charge in [0.25, 0.3) is 0 Å². The first-order valence-corrected chi connectivity index (χ1v) is 7.00. The van der Waals surface area contributed by atoms with Gasteiger partial charge in [0.05, 0.1) is 6.42 Å². The molecule has 1 aromatic carbocycles. The average molecular weight is 314 g/mol. The third-order valence-corrected chi connectivity index (χ3v) is 2.76. The molecule has 0 aliphatic heterocycles. The molecule has 0 fully saturated rings. The van der Waals surface area contributed by atoms with Crippen molar-refractivity contribution in [2.24, 2.45) is 0 Å². The molecule has 1 rings (SSSR count). The topological polar surface area (TPSA) is 70.2 Å². The van der Waals surface area contributed by atoms with E-state index in [1.165, 1.54) is 0 Å². The molecule has 118 valence electrons. The summed E-state index contributed by atoms with van der Waals surface area (Å²) < 4.78 is 0. The molecule has 5 nitrogen and oxygen atoms in total. The molecule has 0 bridgehead atoms. The van der Waals surface area contributed by atoms with Crippen molar-refractivity contribution in [1.82, 2.24) is 16.0 Å². The van der Waals surface area contributed by atoms with Crippen LogP contribution in [0.5, 0.6) is 0 Å². The van der Waals surface area contributed by atoms with E-state index in [2.05, 4.69) is 16.0 Å². The molecule has 21 heavy (non-hydrogen) atoms. The zero-order valence-corrected chi connectivity index (χ0v) is 13.2. The number of likely N-dealkylation sites (N-methyl/N-ethyl adjacent to an activating group) is 1. The van der Waals surface area contributed by atoms with E-state index in [1.54, 1.807) is 0 Å². The molecule has 2 amide bonds. The molecule has 0 atom stereocenters. The summed E-state index contributed by atoms with van der Waals surface area (Å²) in [5.41, 5.74) is 0.972. The Bertz CT molecular complexity index is 413. The lowest BCUT2D eigenvalue weighted by Crippen LogP contribution is -2.34. The summed E-state index contributed by atoms with van der Waals surface area (Å²) in [4.78, 5) is 23.1. The molecular formula is C15H24ClN3O2. The van der Waals surface area contributed by atoms with Crippen molar-refractivity contribution in [3.63, 3.8) is 0 Å². The van der Waals surface area contributed by atoms with Gasteiger partial charge >= 0.3 is 0 Å². The zero-order chi connectivity index (χ0) is 14.6. The summed E-state index contributed by atoms with van der Waals surface area (Å²) in [7, 11) is 0. The molecule has 0 heterocycles. The Morgan fingerprint density at radius 1 is 0.952 bits per heavy atom. The van der Waals surface area contributed by atoms with E-state index in [4.69, 9.17) is 0 Å². The van der Waals surface area contributed by atoms with Gasteiger partial charge in [0.15, 0.2) is 0 Å². The van der Waals surface area contributed by atoms with Crippen LogP contribution < -0.4 is 16.0 Å². The van der Waals surface area contributed by atoms with Crippen LogP contribution in [0.2, 0.25) is 0 Å². The maximum atomic E-state index is 11.6. The van der Waals surface area contributed by atoms with Crippen LogP contribution in [0, 0.1) is 0 Å². The summed E-state index contributed by atoms with van der Waals surface area (Å²) in [5, 5.41) is 8.66. The molecule has 6 heteroatoms. The second kappa shape index (κ2) is 12.2. The first kappa shape index (κ1) is 19.4. The predicted molar refractivity (Wildman–Crippen MR) is 86.6 cm³/mol. The molecule has 0 aromatic heterocycles. The van der Waals surface area contributed by atoms with E-state index in [-0.39, 0.29) is 24.2 Å². The SMILES string of the molecule is CCNCCNC(=O)CCNC(=O)Cc1ccccc1.Cl. The summed E-state index contributed by atoms with van der Waals surface area (Å²) in [5.74, 6) is -0.0976. The minimum absolute atomic E-state index is 0. The van der Waals surface area contributed by atoms with Gasteiger partial charge in [-0.1, -0.05) is 37.3 Å². The lowest BCUT2D eigenvalue weighted by atomic mass is 10.1. The van der Waals surface area contributed by atoms with Crippen LogP contribution in [-0.2, 0) is 16.0 Å². The van der Waals surface area contributed by atoms with Gasteiger partial charge in [-0.25, -0.2) is 0 Å². The lowest BCUT2D eigenvalue weighted by molar-refractivity contribution is -0.122. The Morgan fingerprint density at radius 3 is 2.29 bits per heavy atom. The van der Waals surface area contributed by atoms with Crippen molar-refractivity contribution in [3.05, 3.63) is 35.9 Å². The number of halogens is 1. The quantitative estimate of drug-likeness (QED) is 0.593. The molecule has 3 N–H and O–H groups in total. The Kier molecular flexibility index (Phi) is 11.3. The molecule has 0 aliphatic carbocycles. The largest absolute Gasteiger partial charge is 0.355 e. The third-order valence-electron chi connectivity index (χ3n) is 2.76. The summed E-state index contributed by atoms with van der Waals surface area (Å²) in [6, 6.07) is 9.54. The second-order valence-corrected chi connectivity index (χ2v) is 4.47. The number of hydrogen-bond donors (Lipinski definition) is 3. The number of carbonyl (C=O) groups excluding carboxylic acids is 2. The fourth-order valence-electron chi connectivity index (χ4n) is 1.71. The summed E-state index contributed by atoms with van der Waals surface area (Å²) in [6.45, 7) is 4.67. The third kappa shape index (κ3) is 9.87. The van der Waals surface area contributed by atoms with Crippen molar-refractivity contribution < 1.29 is 9.59 Å². The minimum Gasteiger partial charge on any atom is -0.355 e. The Labute approximate surface area is 132 Å². The second-order valence-electron chi connectivity index (χ2n) is 4.47. The summed E-state index contributed by atoms with van der Waals surface area (Å²) in [6.07, 6.45) is 0.662. The first-order chi connectivity index (χ1) is 9.72. The molecular weight excluding hydrogens is 290 g/mol. The van der Waals surface area contributed by atoms with Crippen LogP contribution in [0.1, 0.15) is 18.9 Å². The normalized spacial score (nSPS) is 9.57. The molecule has 0 radical (unpaired) electrons. The van der Waals surface area contributed by atoms with Crippen LogP contribution in [0.15, 0.2) is 30.3 Å². The molecule has 0 saturated heterocycles. The smallest absolute Gasteiger partial charge is 0.224 e. The number of rotatable bonds is 9. The Morgan fingerprint density at radius 2 is 1.62 bits per heavy atom. The number of benzene rings is 1. The van der Waals surface area contributed by atoms with Gasteiger partial charge in [0.2, 0.25) is 11.8 Å². The fraction of sp³-hybridized carbons (Fsp3) is 0.467. The molecule has 0 unspecified atom stereocenters. The predicted octanol–water partition coefficient (Wildman–Crippen LogP) is 0.883. The number of carbonyl (C=O) groups is 2. The van der Waals surface area contributed by atoms with Gasteiger partial charge in [-0.15, -0.1) is 12.4 Å². The highest BCUT2D eigenvalue weighted by atomic mass is 35.5. The molecule has 1 aromatic rings. The highest BCUT2D eigenvalue weighted by molar-refractivity contribution is 5.85. The van der Waals surface area contributed by atoms with Gasteiger partial charge in [-0.05, 0) is 12.1 Å². The fourth-order valence-corrected chi connectivity index (χ4v) is 1.71. The van der Waals surface area contributed by atoms with Crippen LogP contribution in [0.4, 0.5) is 0 Å². The average Bonchev–Trinajstić information content (AvgIpc) is 2.45. The van der Waals surface area contributed by atoms with Crippen molar-refractivity contribution in [3.8, 4) is 0 Å². The van der Waals surface area contributed by atoms with Gasteiger partial charge < -0.3 is 16.0 Å². The van der Waals surface area contributed by atoms with E-state index in [0.29, 0.717) is 25.9 Å². The van der Waals surface area contributed by atoms with Gasteiger partial charge in [0.1, 0.15) is 0 Å². The van der Waals surface area contributed by atoms with Crippen LogP contribution in [0.25, 0.3) is 0 Å². The van der Waals surface area contributed by atoms with Crippen LogP contribution in [-0.4, -0.2) is 38.0 Å². The Hall–Kier alpha value is -1.59. The van der Waals surface area contributed by atoms with Crippen molar-refractivity contribution in [2.75, 3.05) is 26.2 Å². The maximum absolute atomic E-state index is 11.6.